The van der Waals surface area contributed by atoms with Gasteiger partial charge < -0.3 is 19.6 Å². The molecule has 0 fully saturated rings. The molecule has 0 bridgehead atoms. The van der Waals surface area contributed by atoms with Crippen LogP contribution in [0.3, 0.4) is 0 Å². The van der Waals surface area contributed by atoms with Gasteiger partial charge in [-0.3, -0.25) is 14.9 Å². The number of nitrogens with one attached hydrogen (secondary N) is 1. The fraction of sp³-hybridized carbons (Fsp3) is 0.118. The molecule has 0 radical (unpaired) electrons. The molecule has 1 heterocycles. The van der Waals surface area contributed by atoms with Gasteiger partial charge in [0.05, 0.1) is 34.0 Å². The first-order chi connectivity index (χ1) is 12.4. The van der Waals surface area contributed by atoms with E-state index < -0.39 is 10.9 Å². The Hall–Kier alpha value is -3.07. The van der Waals surface area contributed by atoms with Crippen LogP contribution in [0.2, 0.25) is 0 Å². The molecule has 0 aliphatic rings. The van der Waals surface area contributed by atoms with Gasteiger partial charge in [-0.15, -0.1) is 0 Å². The van der Waals surface area contributed by atoms with Crippen LogP contribution in [-0.2, 0) is 11.2 Å². The van der Waals surface area contributed by atoms with Crippen molar-refractivity contribution in [2.24, 2.45) is 0 Å². The number of methoxy groups -OCH3 is 1. The Morgan fingerprint density at radius 2 is 1.96 bits per heavy atom. The molecule has 0 amide bonds. The topological polar surface area (TPSA) is 115 Å². The number of aliphatic carboxylic acids is 1. The number of hydrogen-bond donors (Lipinski definition) is 2. The minimum absolute atomic E-state index is 0.0540. The summed E-state index contributed by atoms with van der Waals surface area (Å²) in [5.74, 6) is -0.384. The quantitative estimate of drug-likeness (QED) is 0.454. The van der Waals surface area contributed by atoms with Crippen molar-refractivity contribution in [2.45, 2.75) is 6.42 Å². The number of fused-ring (bicyclic) bond motifs is 1. The van der Waals surface area contributed by atoms with E-state index in [1.165, 1.54) is 25.3 Å². The van der Waals surface area contributed by atoms with E-state index in [4.69, 9.17) is 14.6 Å². The Morgan fingerprint density at radius 1 is 1.23 bits per heavy atom. The molecule has 0 unspecified atom stereocenters. The van der Waals surface area contributed by atoms with Gasteiger partial charge in [0.2, 0.25) is 5.75 Å². The number of ether oxygens (including phenoxy) is 2. The molecule has 0 saturated heterocycles. The Balaban J connectivity index is 2.04. The van der Waals surface area contributed by atoms with Crippen LogP contribution in [-0.4, -0.2) is 28.1 Å². The highest BCUT2D eigenvalue weighted by Crippen LogP contribution is 2.41. The zero-order chi connectivity index (χ0) is 18.8. The molecule has 2 aromatic carbocycles. The minimum Gasteiger partial charge on any atom is -0.493 e. The summed E-state index contributed by atoms with van der Waals surface area (Å²) in [7, 11) is 1.41. The lowest BCUT2D eigenvalue weighted by molar-refractivity contribution is -0.383. The SMILES string of the molecule is COc1cc(CC(=O)O)ccc1Oc1ccc2[nH]c(Br)cc2c1[N+](=O)[O-]. The van der Waals surface area contributed by atoms with E-state index in [1.807, 2.05) is 0 Å². The van der Waals surface area contributed by atoms with Gasteiger partial charge >= 0.3 is 11.7 Å². The van der Waals surface area contributed by atoms with E-state index in [9.17, 15) is 14.9 Å². The lowest BCUT2D eigenvalue weighted by Crippen LogP contribution is -2.01. The maximum atomic E-state index is 11.6. The Bertz CT molecular complexity index is 1010. The second-order valence-corrected chi connectivity index (χ2v) is 6.26. The van der Waals surface area contributed by atoms with Gasteiger partial charge in [-0.2, -0.15) is 0 Å². The monoisotopic (exact) mass is 420 g/mol. The third-order valence-corrected chi connectivity index (χ3v) is 4.12. The molecule has 1 aromatic heterocycles. The fourth-order valence-corrected chi connectivity index (χ4v) is 3.05. The van der Waals surface area contributed by atoms with Crippen LogP contribution in [0, 0.1) is 10.1 Å². The van der Waals surface area contributed by atoms with Crippen molar-refractivity contribution in [3.05, 3.63) is 56.7 Å². The van der Waals surface area contributed by atoms with Gasteiger partial charge in [-0.25, -0.2) is 0 Å². The number of halogens is 1. The molecule has 0 spiro atoms. The molecule has 134 valence electrons. The van der Waals surface area contributed by atoms with Crippen LogP contribution >= 0.6 is 15.9 Å². The summed E-state index contributed by atoms with van der Waals surface area (Å²) < 4.78 is 11.6. The number of H-pyrrole nitrogens is 1. The van der Waals surface area contributed by atoms with Crippen molar-refractivity contribution in [3.8, 4) is 17.2 Å². The van der Waals surface area contributed by atoms with Crippen molar-refractivity contribution in [1.29, 1.82) is 0 Å². The molecule has 3 aromatic rings. The number of carboxylic acid groups (broad SMARTS) is 1. The largest absolute Gasteiger partial charge is 0.493 e. The summed E-state index contributed by atoms with van der Waals surface area (Å²) in [5, 5.41) is 20.8. The normalized spacial score (nSPS) is 10.7. The lowest BCUT2D eigenvalue weighted by atomic mass is 10.1. The number of carboxylic acids is 1. The second kappa shape index (κ2) is 7.04. The second-order valence-electron chi connectivity index (χ2n) is 5.41. The number of benzene rings is 2. The average molecular weight is 421 g/mol. The summed E-state index contributed by atoms with van der Waals surface area (Å²) >= 11 is 3.26. The van der Waals surface area contributed by atoms with Gasteiger partial charge in [0.25, 0.3) is 0 Å². The maximum absolute atomic E-state index is 11.6. The fourth-order valence-electron chi connectivity index (χ4n) is 2.60. The number of nitrogens with zero attached hydrogens (tertiary/aromatic N) is 1. The number of carbonyl (C=O) groups is 1. The van der Waals surface area contributed by atoms with E-state index in [1.54, 1.807) is 18.2 Å². The number of hydrogen-bond acceptors (Lipinski definition) is 5. The van der Waals surface area contributed by atoms with E-state index >= 15 is 0 Å². The van der Waals surface area contributed by atoms with E-state index in [-0.39, 0.29) is 29.4 Å². The van der Waals surface area contributed by atoms with Crippen molar-refractivity contribution in [1.82, 2.24) is 4.98 Å². The molecule has 0 aliphatic carbocycles. The van der Waals surface area contributed by atoms with Crippen LogP contribution in [0.4, 0.5) is 5.69 Å². The molecule has 2 N–H and O–H groups in total. The highest BCUT2D eigenvalue weighted by molar-refractivity contribution is 9.10. The number of nitro groups is 1. The van der Waals surface area contributed by atoms with Gasteiger partial charge in [0.15, 0.2) is 11.5 Å². The van der Waals surface area contributed by atoms with Gasteiger partial charge in [0, 0.05) is 0 Å². The molecule has 3 rings (SSSR count). The summed E-state index contributed by atoms with van der Waals surface area (Å²) in [6.45, 7) is 0. The molecule has 26 heavy (non-hydrogen) atoms. The summed E-state index contributed by atoms with van der Waals surface area (Å²) in [6, 6.07) is 9.40. The first-order valence-corrected chi connectivity index (χ1v) is 8.20. The van der Waals surface area contributed by atoms with Crippen LogP contribution in [0.15, 0.2) is 41.0 Å². The molecule has 0 atom stereocenters. The predicted molar refractivity (Wildman–Crippen MR) is 97.1 cm³/mol. The van der Waals surface area contributed by atoms with Gasteiger partial charge in [-0.05, 0) is 51.8 Å². The molecule has 0 saturated carbocycles. The molecule has 9 heteroatoms. The zero-order valence-corrected chi connectivity index (χ0v) is 15.1. The highest BCUT2D eigenvalue weighted by Gasteiger charge is 2.23. The molecular weight excluding hydrogens is 408 g/mol. The Morgan fingerprint density at radius 3 is 2.62 bits per heavy atom. The Kier molecular flexibility index (Phi) is 4.81. The maximum Gasteiger partial charge on any atom is 0.320 e. The zero-order valence-electron chi connectivity index (χ0n) is 13.5. The smallest absolute Gasteiger partial charge is 0.320 e. The number of nitro benzene ring substituents is 1. The standard InChI is InChI=1S/C17H13BrN2O6/c1-25-14-6-9(7-16(21)22)2-4-12(14)26-13-5-3-11-10(8-15(18)19-11)17(13)20(23)24/h2-6,8,19H,7H2,1H3,(H,21,22). The van der Waals surface area contributed by atoms with Gasteiger partial charge in [-0.1, -0.05) is 6.07 Å². The first-order valence-electron chi connectivity index (χ1n) is 7.41. The highest BCUT2D eigenvalue weighted by atomic mass is 79.9. The lowest BCUT2D eigenvalue weighted by Gasteiger charge is -2.12. The van der Waals surface area contributed by atoms with Gasteiger partial charge in [0.1, 0.15) is 0 Å². The van der Waals surface area contributed by atoms with Crippen molar-refractivity contribution < 1.29 is 24.3 Å². The predicted octanol–water partition coefficient (Wildman–Crippen LogP) is 4.27. The summed E-state index contributed by atoms with van der Waals surface area (Å²) in [4.78, 5) is 24.9. The Labute approximate surface area is 155 Å². The van der Waals surface area contributed by atoms with Crippen LogP contribution < -0.4 is 9.47 Å². The first kappa shape index (κ1) is 17.7. The van der Waals surface area contributed by atoms with Crippen LogP contribution in [0.5, 0.6) is 17.2 Å². The molecular formula is C17H13BrN2O6. The van der Waals surface area contributed by atoms with E-state index in [0.717, 1.165) is 0 Å². The third-order valence-electron chi connectivity index (χ3n) is 3.69. The van der Waals surface area contributed by atoms with Crippen molar-refractivity contribution in [3.63, 3.8) is 0 Å². The van der Waals surface area contributed by atoms with E-state index in [0.29, 0.717) is 21.1 Å². The molecule has 8 nitrogen and oxygen atoms in total. The number of aromatic nitrogens is 1. The molecule has 0 aliphatic heterocycles. The van der Waals surface area contributed by atoms with E-state index in [2.05, 4.69) is 20.9 Å². The van der Waals surface area contributed by atoms with Crippen molar-refractivity contribution >= 4 is 38.5 Å². The van der Waals surface area contributed by atoms with Crippen LogP contribution in [0.1, 0.15) is 5.56 Å². The average Bonchev–Trinajstić information content (AvgIpc) is 2.95. The van der Waals surface area contributed by atoms with Crippen molar-refractivity contribution in [2.75, 3.05) is 7.11 Å². The summed E-state index contributed by atoms with van der Waals surface area (Å²) in [5.41, 5.74) is 0.946. The van der Waals surface area contributed by atoms with Crippen LogP contribution in [0.25, 0.3) is 10.9 Å². The summed E-state index contributed by atoms with van der Waals surface area (Å²) in [6.07, 6.45) is -0.167. The number of aromatic amines is 1. The number of rotatable bonds is 6. The minimum atomic E-state index is -0.972. The third kappa shape index (κ3) is 3.47.